The quantitative estimate of drug-likeness (QED) is 0.735. The van der Waals surface area contributed by atoms with Crippen LogP contribution >= 0.6 is 0 Å². The number of aliphatic carboxylic acids is 1. The van der Waals surface area contributed by atoms with E-state index in [-0.39, 0.29) is 18.4 Å². The molecule has 2 rings (SSSR count). The van der Waals surface area contributed by atoms with Gasteiger partial charge in [0.15, 0.2) is 6.61 Å². The first-order chi connectivity index (χ1) is 12.0. The molecule has 0 saturated heterocycles. The Hall–Kier alpha value is -2.82. The van der Waals surface area contributed by atoms with Gasteiger partial charge in [0, 0.05) is 13.0 Å². The molecule has 0 heterocycles. The lowest BCUT2D eigenvalue weighted by molar-refractivity contribution is -0.139. The molecule has 0 bridgehead atoms. The first-order valence-electron chi connectivity index (χ1n) is 8.30. The molecule has 5 heteroatoms. The van der Waals surface area contributed by atoms with Gasteiger partial charge in [-0.3, -0.25) is 4.79 Å². The molecular weight excluding hydrogens is 318 g/mol. The van der Waals surface area contributed by atoms with Gasteiger partial charge in [-0.05, 0) is 35.6 Å². The number of carbonyl (C=O) groups is 2. The van der Waals surface area contributed by atoms with Crippen molar-refractivity contribution in [1.82, 2.24) is 5.32 Å². The smallest absolute Gasteiger partial charge is 0.341 e. The van der Waals surface area contributed by atoms with Gasteiger partial charge in [0.1, 0.15) is 5.75 Å². The highest BCUT2D eigenvalue weighted by atomic mass is 16.5. The van der Waals surface area contributed by atoms with E-state index in [9.17, 15) is 9.59 Å². The van der Waals surface area contributed by atoms with Crippen LogP contribution in [0, 0.1) is 0 Å². The second-order valence-electron chi connectivity index (χ2n) is 5.94. The van der Waals surface area contributed by atoms with Gasteiger partial charge in [-0.1, -0.05) is 49.4 Å². The number of carboxylic acids is 1. The average Bonchev–Trinajstić information content (AvgIpc) is 2.61. The summed E-state index contributed by atoms with van der Waals surface area (Å²) in [5.74, 6) is -0.256. The number of nitrogens with one attached hydrogen (secondary N) is 1. The minimum atomic E-state index is -1.00. The molecule has 1 atom stereocenters. The lowest BCUT2D eigenvalue weighted by atomic mass is 9.97. The fourth-order valence-electron chi connectivity index (χ4n) is 2.49. The van der Waals surface area contributed by atoms with E-state index in [1.807, 2.05) is 49.4 Å². The number of benzene rings is 2. The molecule has 0 spiro atoms. The predicted octanol–water partition coefficient (Wildman–Crippen LogP) is 3.00. The summed E-state index contributed by atoms with van der Waals surface area (Å²) in [6.07, 6.45) is 1.18. The van der Waals surface area contributed by atoms with E-state index >= 15 is 0 Å². The van der Waals surface area contributed by atoms with Crippen molar-refractivity contribution in [3.8, 4) is 5.75 Å². The van der Waals surface area contributed by atoms with Gasteiger partial charge in [-0.15, -0.1) is 0 Å². The Morgan fingerprint density at radius 1 is 1.08 bits per heavy atom. The summed E-state index contributed by atoms with van der Waals surface area (Å²) < 4.78 is 5.08. The van der Waals surface area contributed by atoms with Gasteiger partial charge in [-0.25, -0.2) is 4.79 Å². The van der Waals surface area contributed by atoms with Crippen molar-refractivity contribution in [2.45, 2.75) is 25.7 Å². The molecule has 1 amide bonds. The number of hydrogen-bond acceptors (Lipinski definition) is 3. The van der Waals surface area contributed by atoms with Crippen LogP contribution in [0.3, 0.4) is 0 Å². The second-order valence-corrected chi connectivity index (χ2v) is 5.94. The zero-order valence-corrected chi connectivity index (χ0v) is 14.3. The molecule has 25 heavy (non-hydrogen) atoms. The minimum absolute atomic E-state index is 0.0396. The molecule has 132 valence electrons. The van der Waals surface area contributed by atoms with Crippen LogP contribution in [0.1, 0.15) is 30.4 Å². The first kappa shape index (κ1) is 18.5. The Labute approximate surface area is 147 Å². The van der Waals surface area contributed by atoms with Gasteiger partial charge >= 0.3 is 5.97 Å². The van der Waals surface area contributed by atoms with Gasteiger partial charge in [-0.2, -0.15) is 0 Å². The monoisotopic (exact) mass is 341 g/mol. The molecule has 0 aliphatic carbocycles. The Kier molecular flexibility index (Phi) is 7.01. The highest BCUT2D eigenvalue weighted by molar-refractivity contribution is 5.76. The number of carboxylic acid groups (broad SMARTS) is 1. The van der Waals surface area contributed by atoms with Gasteiger partial charge in [0.2, 0.25) is 5.91 Å². The second kappa shape index (κ2) is 9.47. The molecule has 0 aliphatic rings. The van der Waals surface area contributed by atoms with Crippen molar-refractivity contribution >= 4 is 11.9 Å². The van der Waals surface area contributed by atoms with E-state index in [1.54, 1.807) is 12.1 Å². The molecule has 2 aromatic carbocycles. The number of amides is 1. The zero-order valence-electron chi connectivity index (χ0n) is 14.3. The molecule has 1 unspecified atom stereocenters. The highest BCUT2D eigenvalue weighted by Crippen LogP contribution is 2.18. The van der Waals surface area contributed by atoms with Crippen LogP contribution in [0.2, 0.25) is 0 Å². The Balaban J connectivity index is 1.71. The summed E-state index contributed by atoms with van der Waals surface area (Å²) in [6, 6.07) is 17.2. The molecular formula is C20H23NO4. The summed E-state index contributed by atoms with van der Waals surface area (Å²) in [5, 5.41) is 11.5. The molecule has 0 radical (unpaired) electrons. The maximum absolute atomic E-state index is 12.0. The van der Waals surface area contributed by atoms with Crippen molar-refractivity contribution in [2.24, 2.45) is 0 Å². The fourth-order valence-corrected chi connectivity index (χ4v) is 2.49. The third kappa shape index (κ3) is 6.67. The first-order valence-corrected chi connectivity index (χ1v) is 8.30. The SMILES string of the molecule is CC(CC(=O)NCCc1ccc(OCC(=O)O)cc1)c1ccccc1. The van der Waals surface area contributed by atoms with E-state index in [4.69, 9.17) is 9.84 Å². The minimum Gasteiger partial charge on any atom is -0.482 e. The number of hydrogen-bond donors (Lipinski definition) is 2. The third-order valence-corrected chi connectivity index (χ3v) is 3.88. The van der Waals surface area contributed by atoms with Gasteiger partial charge in [0.05, 0.1) is 0 Å². The molecule has 2 aromatic rings. The molecule has 2 N–H and O–H groups in total. The van der Waals surface area contributed by atoms with E-state index in [0.29, 0.717) is 25.1 Å². The van der Waals surface area contributed by atoms with Crippen LogP contribution in [0.4, 0.5) is 0 Å². The van der Waals surface area contributed by atoms with Crippen molar-refractivity contribution in [2.75, 3.05) is 13.2 Å². The Morgan fingerprint density at radius 2 is 1.76 bits per heavy atom. The number of ether oxygens (including phenoxy) is 1. The predicted molar refractivity (Wildman–Crippen MR) is 95.8 cm³/mol. The zero-order chi connectivity index (χ0) is 18.1. The van der Waals surface area contributed by atoms with Crippen molar-refractivity contribution in [3.63, 3.8) is 0 Å². The van der Waals surface area contributed by atoms with Gasteiger partial charge in [0.25, 0.3) is 0 Å². The number of carbonyl (C=O) groups excluding carboxylic acids is 1. The summed E-state index contributed by atoms with van der Waals surface area (Å²) in [4.78, 5) is 22.5. The number of rotatable bonds is 9. The topological polar surface area (TPSA) is 75.6 Å². The summed E-state index contributed by atoms with van der Waals surface area (Å²) in [7, 11) is 0. The summed E-state index contributed by atoms with van der Waals surface area (Å²) in [6.45, 7) is 2.26. The standard InChI is InChI=1S/C20H23NO4/c1-15(17-5-3-2-4-6-17)13-19(22)21-12-11-16-7-9-18(10-8-16)25-14-20(23)24/h2-10,15H,11-14H2,1H3,(H,21,22)(H,23,24). The molecule has 5 nitrogen and oxygen atoms in total. The van der Waals surface area contributed by atoms with Crippen LogP contribution < -0.4 is 10.1 Å². The fraction of sp³-hybridized carbons (Fsp3) is 0.300. The van der Waals surface area contributed by atoms with Crippen LogP contribution in [0.15, 0.2) is 54.6 Å². The maximum atomic E-state index is 12.0. The van der Waals surface area contributed by atoms with Crippen molar-refractivity contribution in [1.29, 1.82) is 0 Å². The average molecular weight is 341 g/mol. The lowest BCUT2D eigenvalue weighted by Crippen LogP contribution is -2.26. The highest BCUT2D eigenvalue weighted by Gasteiger charge is 2.10. The lowest BCUT2D eigenvalue weighted by Gasteiger charge is -2.12. The van der Waals surface area contributed by atoms with Crippen LogP contribution in [-0.4, -0.2) is 30.1 Å². The maximum Gasteiger partial charge on any atom is 0.341 e. The molecule has 0 aliphatic heterocycles. The van der Waals surface area contributed by atoms with Crippen LogP contribution in [0.5, 0.6) is 5.75 Å². The molecule has 0 fully saturated rings. The largest absolute Gasteiger partial charge is 0.482 e. The van der Waals surface area contributed by atoms with Crippen LogP contribution in [-0.2, 0) is 16.0 Å². The normalized spacial score (nSPS) is 11.6. The Bertz CT molecular complexity index is 683. The van der Waals surface area contributed by atoms with E-state index in [1.165, 1.54) is 0 Å². The van der Waals surface area contributed by atoms with Crippen molar-refractivity contribution in [3.05, 3.63) is 65.7 Å². The van der Waals surface area contributed by atoms with E-state index in [0.717, 1.165) is 11.1 Å². The summed E-state index contributed by atoms with van der Waals surface area (Å²) in [5.41, 5.74) is 2.22. The van der Waals surface area contributed by atoms with Crippen LogP contribution in [0.25, 0.3) is 0 Å². The summed E-state index contributed by atoms with van der Waals surface area (Å²) >= 11 is 0. The Morgan fingerprint density at radius 3 is 2.40 bits per heavy atom. The van der Waals surface area contributed by atoms with Crippen molar-refractivity contribution < 1.29 is 19.4 Å². The third-order valence-electron chi connectivity index (χ3n) is 3.88. The van der Waals surface area contributed by atoms with Gasteiger partial charge < -0.3 is 15.2 Å². The molecule has 0 saturated carbocycles. The molecule has 0 aromatic heterocycles. The van der Waals surface area contributed by atoms with E-state index in [2.05, 4.69) is 5.32 Å². The van der Waals surface area contributed by atoms with E-state index < -0.39 is 5.97 Å².